The minimum absolute atomic E-state index is 0.215. The second-order valence-electron chi connectivity index (χ2n) is 5.27. The van der Waals surface area contributed by atoms with Gasteiger partial charge < -0.3 is 5.32 Å². The van der Waals surface area contributed by atoms with Crippen LogP contribution in [0.1, 0.15) is 31.2 Å². The highest BCUT2D eigenvalue weighted by atomic mass is 19.1. The van der Waals surface area contributed by atoms with Gasteiger partial charge >= 0.3 is 0 Å². The van der Waals surface area contributed by atoms with Crippen molar-refractivity contribution < 1.29 is 4.39 Å². The molecule has 0 aliphatic carbocycles. The maximum atomic E-state index is 13.1. The van der Waals surface area contributed by atoms with Crippen molar-refractivity contribution in [3.05, 3.63) is 35.6 Å². The number of nitrogens with zero attached hydrogens (tertiary/aromatic N) is 2. The lowest BCUT2D eigenvalue weighted by Crippen LogP contribution is -2.41. The summed E-state index contributed by atoms with van der Waals surface area (Å²) in [5.74, 6) is -0.0845. The van der Waals surface area contributed by atoms with Crippen LogP contribution in [0.4, 0.5) is 4.39 Å². The van der Waals surface area contributed by atoms with Gasteiger partial charge in [0, 0.05) is 6.42 Å². The van der Waals surface area contributed by atoms with Gasteiger partial charge in [-0.25, -0.2) is 4.39 Å². The van der Waals surface area contributed by atoms with Crippen LogP contribution in [0.3, 0.4) is 0 Å². The molecular formula is C16H18FN3. The molecule has 0 unspecified atom stereocenters. The Kier molecular flexibility index (Phi) is 4.71. The number of piperidine rings is 1. The van der Waals surface area contributed by atoms with Crippen LogP contribution in [-0.2, 0) is 5.41 Å². The van der Waals surface area contributed by atoms with E-state index in [-0.39, 0.29) is 11.7 Å². The summed E-state index contributed by atoms with van der Waals surface area (Å²) in [5, 5.41) is 22.0. The third-order valence-corrected chi connectivity index (χ3v) is 4.23. The molecule has 0 aromatic heterocycles. The van der Waals surface area contributed by atoms with Gasteiger partial charge in [-0.15, -0.1) is 0 Å². The van der Waals surface area contributed by atoms with Crippen LogP contribution in [0.25, 0.3) is 0 Å². The fourth-order valence-corrected chi connectivity index (χ4v) is 3.11. The molecule has 1 aromatic rings. The summed E-state index contributed by atoms with van der Waals surface area (Å²) in [6.45, 7) is 1.78. The summed E-state index contributed by atoms with van der Waals surface area (Å²) in [6.07, 6.45) is 2.68. The van der Waals surface area contributed by atoms with Gasteiger partial charge in [-0.05, 0) is 56.0 Å². The molecule has 104 valence electrons. The van der Waals surface area contributed by atoms with E-state index in [1.165, 1.54) is 12.1 Å². The molecule has 1 fully saturated rings. The van der Waals surface area contributed by atoms with Gasteiger partial charge in [0.25, 0.3) is 0 Å². The maximum absolute atomic E-state index is 13.1. The topological polar surface area (TPSA) is 59.6 Å². The quantitative estimate of drug-likeness (QED) is 0.916. The lowest BCUT2D eigenvalue weighted by atomic mass is 9.65. The zero-order valence-electron chi connectivity index (χ0n) is 11.4. The number of nitriles is 2. The summed E-state index contributed by atoms with van der Waals surface area (Å²) >= 11 is 0. The number of halogens is 1. The Hall–Kier alpha value is -1.91. The molecule has 0 amide bonds. The normalized spacial score (nSPS) is 18.8. The number of hydrogen-bond acceptors (Lipinski definition) is 3. The lowest BCUT2D eigenvalue weighted by Gasteiger charge is -2.37. The Balaban J connectivity index is 2.38. The molecule has 20 heavy (non-hydrogen) atoms. The van der Waals surface area contributed by atoms with E-state index in [2.05, 4.69) is 17.5 Å². The van der Waals surface area contributed by atoms with Crippen molar-refractivity contribution in [3.8, 4) is 12.1 Å². The fourth-order valence-electron chi connectivity index (χ4n) is 3.11. The van der Waals surface area contributed by atoms with Gasteiger partial charge in [0.15, 0.2) is 0 Å². The van der Waals surface area contributed by atoms with E-state index in [4.69, 9.17) is 5.26 Å². The third kappa shape index (κ3) is 2.81. The maximum Gasteiger partial charge on any atom is 0.123 e. The number of rotatable bonds is 4. The first kappa shape index (κ1) is 14.5. The highest BCUT2D eigenvalue weighted by Gasteiger charge is 2.40. The standard InChI is InChI=1S/C16H18FN3/c17-15-4-2-13(3-5-15)16(12-19,8-1-9-18)14-6-10-20-11-7-14/h2-5,14,20H,1,6-8,10-11H2/t16-/m1/s1. The van der Waals surface area contributed by atoms with E-state index in [0.717, 1.165) is 31.5 Å². The van der Waals surface area contributed by atoms with Crippen molar-refractivity contribution in [2.45, 2.75) is 31.1 Å². The predicted molar refractivity (Wildman–Crippen MR) is 74.1 cm³/mol. The van der Waals surface area contributed by atoms with Gasteiger partial charge in [-0.1, -0.05) is 12.1 Å². The second kappa shape index (κ2) is 6.50. The molecule has 0 radical (unpaired) electrons. The summed E-state index contributed by atoms with van der Waals surface area (Å²) < 4.78 is 13.1. The van der Waals surface area contributed by atoms with Crippen LogP contribution in [0, 0.1) is 34.4 Å². The monoisotopic (exact) mass is 271 g/mol. The van der Waals surface area contributed by atoms with E-state index in [1.807, 2.05) is 0 Å². The average Bonchev–Trinajstić information content (AvgIpc) is 2.51. The van der Waals surface area contributed by atoms with Gasteiger partial charge in [0.1, 0.15) is 5.82 Å². The van der Waals surface area contributed by atoms with Crippen LogP contribution >= 0.6 is 0 Å². The Labute approximate surface area is 119 Å². The minimum Gasteiger partial charge on any atom is -0.317 e. The average molecular weight is 271 g/mol. The molecule has 1 aliphatic heterocycles. The largest absolute Gasteiger partial charge is 0.317 e. The Bertz CT molecular complexity index is 520. The van der Waals surface area contributed by atoms with Crippen molar-refractivity contribution in [2.75, 3.05) is 13.1 Å². The summed E-state index contributed by atoms with van der Waals surface area (Å²) in [5.41, 5.74) is 0.162. The third-order valence-electron chi connectivity index (χ3n) is 4.23. The van der Waals surface area contributed by atoms with Gasteiger partial charge in [-0.3, -0.25) is 0 Å². The smallest absolute Gasteiger partial charge is 0.123 e. The van der Waals surface area contributed by atoms with Crippen molar-refractivity contribution in [1.82, 2.24) is 5.32 Å². The van der Waals surface area contributed by atoms with E-state index in [9.17, 15) is 9.65 Å². The van der Waals surface area contributed by atoms with Crippen molar-refractivity contribution in [1.29, 1.82) is 10.5 Å². The van der Waals surface area contributed by atoms with E-state index >= 15 is 0 Å². The first-order valence-electron chi connectivity index (χ1n) is 6.98. The van der Waals surface area contributed by atoms with Crippen LogP contribution in [-0.4, -0.2) is 13.1 Å². The first-order valence-corrected chi connectivity index (χ1v) is 6.98. The van der Waals surface area contributed by atoms with Gasteiger partial charge in [0.05, 0.1) is 17.6 Å². The number of nitrogens with one attached hydrogen (secondary N) is 1. The molecule has 1 atom stereocenters. The van der Waals surface area contributed by atoms with E-state index in [0.29, 0.717) is 12.8 Å². The van der Waals surface area contributed by atoms with Gasteiger partial charge in [-0.2, -0.15) is 10.5 Å². The molecule has 2 rings (SSSR count). The second-order valence-corrected chi connectivity index (χ2v) is 5.27. The first-order chi connectivity index (χ1) is 9.73. The summed E-state index contributed by atoms with van der Waals surface area (Å²) in [7, 11) is 0. The molecular weight excluding hydrogens is 253 g/mol. The zero-order chi connectivity index (χ0) is 14.4. The zero-order valence-corrected chi connectivity index (χ0v) is 11.4. The molecule has 1 saturated heterocycles. The number of benzene rings is 1. The Morgan fingerprint density at radius 3 is 2.40 bits per heavy atom. The van der Waals surface area contributed by atoms with Crippen molar-refractivity contribution >= 4 is 0 Å². The Morgan fingerprint density at radius 2 is 1.85 bits per heavy atom. The SMILES string of the molecule is N#CCC[C@@](C#N)(c1ccc(F)cc1)C1CCNCC1. The summed E-state index contributed by atoms with van der Waals surface area (Å²) in [6, 6.07) is 10.8. The Morgan fingerprint density at radius 1 is 1.20 bits per heavy atom. The fraction of sp³-hybridized carbons (Fsp3) is 0.500. The van der Waals surface area contributed by atoms with Crippen molar-refractivity contribution in [3.63, 3.8) is 0 Å². The molecule has 1 N–H and O–H groups in total. The molecule has 1 aromatic carbocycles. The van der Waals surface area contributed by atoms with Crippen LogP contribution in [0.5, 0.6) is 0 Å². The van der Waals surface area contributed by atoms with Gasteiger partial charge in [0.2, 0.25) is 0 Å². The highest BCUT2D eigenvalue weighted by Crippen LogP contribution is 2.41. The highest BCUT2D eigenvalue weighted by molar-refractivity contribution is 5.34. The molecule has 0 saturated carbocycles. The molecule has 1 heterocycles. The number of hydrogen-bond donors (Lipinski definition) is 1. The molecule has 0 bridgehead atoms. The minimum atomic E-state index is -0.675. The predicted octanol–water partition coefficient (Wildman–Crippen LogP) is 2.89. The van der Waals surface area contributed by atoms with E-state index in [1.54, 1.807) is 12.1 Å². The summed E-state index contributed by atoms with van der Waals surface area (Å²) in [4.78, 5) is 0. The molecule has 0 spiro atoms. The van der Waals surface area contributed by atoms with Crippen LogP contribution in [0.2, 0.25) is 0 Å². The van der Waals surface area contributed by atoms with Crippen LogP contribution in [0.15, 0.2) is 24.3 Å². The molecule has 3 nitrogen and oxygen atoms in total. The van der Waals surface area contributed by atoms with Crippen molar-refractivity contribution in [2.24, 2.45) is 5.92 Å². The molecule has 1 aliphatic rings. The lowest BCUT2D eigenvalue weighted by molar-refractivity contribution is 0.251. The van der Waals surface area contributed by atoms with Crippen LogP contribution < -0.4 is 5.32 Å². The molecule has 4 heteroatoms. The van der Waals surface area contributed by atoms with E-state index < -0.39 is 5.41 Å².